The van der Waals surface area contributed by atoms with Crippen LogP contribution in [-0.2, 0) is 6.42 Å². The molecule has 0 unspecified atom stereocenters. The lowest BCUT2D eigenvalue weighted by atomic mass is 9.96. The highest BCUT2D eigenvalue weighted by Gasteiger charge is 2.22. The van der Waals surface area contributed by atoms with Crippen LogP contribution >= 0.6 is 11.5 Å². The molecule has 0 bridgehead atoms. The molecule has 0 amide bonds. The Morgan fingerprint density at radius 3 is 3.05 bits per heavy atom. The van der Waals surface area contributed by atoms with Gasteiger partial charge in [-0.2, -0.15) is 9.36 Å². The van der Waals surface area contributed by atoms with Gasteiger partial charge in [0.1, 0.15) is 0 Å². The van der Waals surface area contributed by atoms with Crippen LogP contribution in [0.1, 0.15) is 5.56 Å². The van der Waals surface area contributed by atoms with E-state index in [0.717, 1.165) is 35.5 Å². The van der Waals surface area contributed by atoms with Gasteiger partial charge < -0.3 is 19.7 Å². The van der Waals surface area contributed by atoms with Crippen molar-refractivity contribution in [1.82, 2.24) is 9.36 Å². The second-order valence-corrected chi connectivity index (χ2v) is 6.26. The van der Waals surface area contributed by atoms with Gasteiger partial charge in [0.2, 0.25) is 11.1 Å². The number of nitrogens with one attached hydrogen (secondary N) is 1. The molecule has 0 spiro atoms. The van der Waals surface area contributed by atoms with Gasteiger partial charge in [-0.05, 0) is 18.1 Å². The Kier molecular flexibility index (Phi) is 4.33. The van der Waals surface area contributed by atoms with Crippen molar-refractivity contribution in [2.45, 2.75) is 6.42 Å². The topological polar surface area (TPSA) is 59.5 Å². The molecule has 2 aromatic rings. The Bertz CT molecular complexity index is 644. The number of benzene rings is 1. The summed E-state index contributed by atoms with van der Waals surface area (Å²) in [6, 6.07) is 6.03. The molecule has 0 radical (unpaired) electrons. The molecule has 7 heteroatoms. The van der Waals surface area contributed by atoms with E-state index >= 15 is 0 Å². The lowest BCUT2D eigenvalue weighted by Gasteiger charge is -2.26. The van der Waals surface area contributed by atoms with E-state index in [4.69, 9.17) is 9.47 Å². The molecule has 1 atom stereocenters. The molecule has 118 valence electrons. The van der Waals surface area contributed by atoms with Gasteiger partial charge in [-0.15, -0.1) is 0 Å². The molecular weight excluding hydrogens is 300 g/mol. The molecule has 0 saturated carbocycles. The molecule has 22 heavy (non-hydrogen) atoms. The molecule has 1 aliphatic rings. The van der Waals surface area contributed by atoms with E-state index in [2.05, 4.69) is 20.7 Å². The fraction of sp³-hybridized carbons (Fsp3) is 0.467. The van der Waals surface area contributed by atoms with Crippen molar-refractivity contribution < 1.29 is 9.47 Å². The number of hydrogen-bond acceptors (Lipinski definition) is 7. The number of fused-ring (bicyclic) bond motifs is 1. The molecule has 1 N–H and O–H groups in total. The van der Waals surface area contributed by atoms with Gasteiger partial charge in [0.15, 0.2) is 11.5 Å². The van der Waals surface area contributed by atoms with Crippen LogP contribution in [0.5, 0.6) is 11.5 Å². The summed E-state index contributed by atoms with van der Waals surface area (Å²) >= 11 is 1.38. The lowest BCUT2D eigenvalue weighted by Crippen LogP contribution is -2.27. The number of para-hydroxylation sites is 1. The molecule has 0 fully saturated rings. The summed E-state index contributed by atoms with van der Waals surface area (Å²) in [5.41, 5.74) is 1.20. The maximum absolute atomic E-state index is 5.88. The smallest absolute Gasteiger partial charge is 0.238 e. The van der Waals surface area contributed by atoms with Crippen molar-refractivity contribution in [3.05, 3.63) is 23.8 Å². The van der Waals surface area contributed by atoms with Crippen LogP contribution in [0.15, 0.2) is 18.2 Å². The van der Waals surface area contributed by atoms with E-state index in [9.17, 15) is 0 Å². The van der Waals surface area contributed by atoms with E-state index in [1.807, 2.05) is 31.1 Å². The maximum Gasteiger partial charge on any atom is 0.238 e. The zero-order valence-electron chi connectivity index (χ0n) is 13.0. The summed E-state index contributed by atoms with van der Waals surface area (Å²) in [4.78, 5) is 6.32. The van der Waals surface area contributed by atoms with Crippen molar-refractivity contribution in [3.8, 4) is 11.5 Å². The molecule has 0 aliphatic carbocycles. The second kappa shape index (κ2) is 6.39. The number of anilines is 2. The van der Waals surface area contributed by atoms with E-state index in [0.29, 0.717) is 12.5 Å². The van der Waals surface area contributed by atoms with Crippen LogP contribution in [-0.4, -0.2) is 43.7 Å². The Hall–Kier alpha value is -2.02. The van der Waals surface area contributed by atoms with Crippen LogP contribution < -0.4 is 19.7 Å². The Balaban J connectivity index is 1.60. The summed E-state index contributed by atoms with van der Waals surface area (Å²) in [5, 5.41) is 4.20. The van der Waals surface area contributed by atoms with E-state index in [1.54, 1.807) is 7.11 Å². The second-order valence-electron chi connectivity index (χ2n) is 5.50. The number of aromatic nitrogens is 2. The highest BCUT2D eigenvalue weighted by atomic mass is 32.1. The van der Waals surface area contributed by atoms with Gasteiger partial charge in [-0.3, -0.25) is 0 Å². The third-order valence-electron chi connectivity index (χ3n) is 3.61. The number of rotatable bonds is 5. The molecule has 1 aromatic carbocycles. The summed E-state index contributed by atoms with van der Waals surface area (Å²) in [6.07, 6.45) is 0.971. The minimum Gasteiger partial charge on any atom is -0.493 e. The predicted octanol–water partition coefficient (Wildman–Crippen LogP) is 2.28. The van der Waals surface area contributed by atoms with Crippen molar-refractivity contribution >= 4 is 22.6 Å². The van der Waals surface area contributed by atoms with Gasteiger partial charge in [0.25, 0.3) is 0 Å². The van der Waals surface area contributed by atoms with Gasteiger partial charge in [-0.1, -0.05) is 12.1 Å². The van der Waals surface area contributed by atoms with Crippen LogP contribution in [0.3, 0.4) is 0 Å². The normalized spacial score (nSPS) is 16.6. The SMILES string of the molecule is COc1cccc2c1OC[C@H](CNc1nc(N(C)C)ns1)C2. The standard InChI is InChI=1S/C15H20N4O2S/c1-19(2)14-17-15(22-18-14)16-8-10-7-11-5-4-6-12(20-3)13(11)21-9-10/h4-6,10H,7-9H2,1-3H3,(H,16,17,18)/t10-/m0/s1. The molecular formula is C15H20N4O2S. The number of hydrogen-bond donors (Lipinski definition) is 1. The highest BCUT2D eigenvalue weighted by molar-refractivity contribution is 7.09. The summed E-state index contributed by atoms with van der Waals surface area (Å²) in [7, 11) is 5.54. The van der Waals surface area contributed by atoms with Gasteiger partial charge in [-0.25, -0.2) is 0 Å². The first-order valence-electron chi connectivity index (χ1n) is 7.21. The third-order valence-corrected chi connectivity index (χ3v) is 4.27. The lowest BCUT2D eigenvalue weighted by molar-refractivity contribution is 0.218. The van der Waals surface area contributed by atoms with Crippen LogP contribution in [0.2, 0.25) is 0 Å². The van der Waals surface area contributed by atoms with Crippen molar-refractivity contribution in [1.29, 1.82) is 0 Å². The number of methoxy groups -OCH3 is 1. The number of nitrogens with zero attached hydrogens (tertiary/aromatic N) is 3. The minimum atomic E-state index is 0.409. The Morgan fingerprint density at radius 1 is 1.45 bits per heavy atom. The first-order chi connectivity index (χ1) is 10.7. The van der Waals surface area contributed by atoms with E-state index in [-0.39, 0.29) is 0 Å². The van der Waals surface area contributed by atoms with Gasteiger partial charge in [0, 0.05) is 38.1 Å². The fourth-order valence-electron chi connectivity index (χ4n) is 2.45. The summed E-state index contributed by atoms with van der Waals surface area (Å²) in [5.74, 6) is 2.84. The Morgan fingerprint density at radius 2 is 2.32 bits per heavy atom. The minimum absolute atomic E-state index is 0.409. The Labute approximate surface area is 134 Å². The maximum atomic E-state index is 5.88. The largest absolute Gasteiger partial charge is 0.493 e. The molecule has 2 heterocycles. The first-order valence-corrected chi connectivity index (χ1v) is 7.98. The van der Waals surface area contributed by atoms with Crippen LogP contribution in [0, 0.1) is 5.92 Å². The van der Waals surface area contributed by atoms with Gasteiger partial charge >= 0.3 is 0 Å². The quantitative estimate of drug-likeness (QED) is 0.912. The summed E-state index contributed by atoms with van der Waals surface area (Å²) in [6.45, 7) is 1.50. The monoisotopic (exact) mass is 320 g/mol. The molecule has 1 aromatic heterocycles. The molecule has 3 rings (SSSR count). The van der Waals surface area contributed by atoms with Crippen LogP contribution in [0.25, 0.3) is 0 Å². The van der Waals surface area contributed by atoms with Gasteiger partial charge in [0.05, 0.1) is 13.7 Å². The molecule has 0 saturated heterocycles. The number of ether oxygens (including phenoxy) is 2. The first kappa shape index (κ1) is 14.9. The third kappa shape index (κ3) is 3.09. The molecule has 6 nitrogen and oxygen atoms in total. The zero-order chi connectivity index (χ0) is 15.5. The average molecular weight is 320 g/mol. The fourth-order valence-corrected chi connectivity index (χ4v) is 3.09. The van der Waals surface area contributed by atoms with E-state index < -0.39 is 0 Å². The predicted molar refractivity (Wildman–Crippen MR) is 88.4 cm³/mol. The van der Waals surface area contributed by atoms with Crippen molar-refractivity contribution in [2.75, 3.05) is 44.6 Å². The van der Waals surface area contributed by atoms with Crippen LogP contribution in [0.4, 0.5) is 11.1 Å². The molecule has 1 aliphatic heterocycles. The average Bonchev–Trinajstić information content (AvgIpc) is 3.01. The highest BCUT2D eigenvalue weighted by Crippen LogP contribution is 2.36. The summed E-state index contributed by atoms with van der Waals surface area (Å²) < 4.78 is 15.5. The van der Waals surface area contributed by atoms with E-state index in [1.165, 1.54) is 17.1 Å². The van der Waals surface area contributed by atoms with Crippen molar-refractivity contribution in [3.63, 3.8) is 0 Å². The van der Waals surface area contributed by atoms with Crippen molar-refractivity contribution in [2.24, 2.45) is 5.92 Å². The zero-order valence-corrected chi connectivity index (χ0v) is 13.8.